The molecule has 3 aromatic rings. The third kappa shape index (κ3) is 8.79. The highest BCUT2D eigenvalue weighted by Gasteiger charge is 2.39. The molecule has 0 bridgehead atoms. The molecule has 1 aliphatic carbocycles. The Morgan fingerprint density at radius 3 is 2.41 bits per heavy atom. The summed E-state index contributed by atoms with van der Waals surface area (Å²) in [6.45, 7) is 3.46. The third-order valence-corrected chi connectivity index (χ3v) is 7.94. The molecule has 0 spiro atoms. The van der Waals surface area contributed by atoms with Crippen LogP contribution in [0.15, 0.2) is 48.8 Å². The Kier molecular flexibility index (Phi) is 11.3. The van der Waals surface area contributed by atoms with Gasteiger partial charge in [-0.2, -0.15) is 0 Å². The maximum Gasteiger partial charge on any atom is 0.333 e. The molecule has 1 saturated carbocycles. The van der Waals surface area contributed by atoms with Crippen LogP contribution >= 0.6 is 0 Å². The van der Waals surface area contributed by atoms with Gasteiger partial charge in [-0.1, -0.05) is 0 Å². The standard InChI is InChI=1S/C32H37F2N5O7/c1-18-12-24(38-28(13-18)39-27-14-21(29(33)34)10-11-35-27)22-6-9-26(36-15-22)32(3,44)23-7-4-20(5-8-23)30(42)45-17-46-31(43)25(16-40)37-19(2)41/h6,9-15,20,23,25,29,40,44H,4-5,7-8,16-17H2,1-3H3,(H,37,41)(H,35,38,39)/t20?,23?,25?,32-/m1/s1. The minimum atomic E-state index is -2.62. The summed E-state index contributed by atoms with van der Waals surface area (Å²) in [5, 5.41) is 25.9. The zero-order valence-corrected chi connectivity index (χ0v) is 25.7. The normalized spacial score (nSPS) is 18.3. The number of hydrogen-bond donors (Lipinski definition) is 4. The number of aryl methyl sites for hydroxylation is 1. The van der Waals surface area contributed by atoms with Crippen LogP contribution in [0.5, 0.6) is 0 Å². The van der Waals surface area contributed by atoms with E-state index in [1.54, 1.807) is 31.3 Å². The van der Waals surface area contributed by atoms with Crippen LogP contribution in [0.4, 0.5) is 20.4 Å². The SMILES string of the molecule is CC(=O)NC(CO)C(=O)OCOC(=O)C1CCC([C@@](C)(O)c2ccc(-c3cc(C)cc(Nc4cc(C(F)F)ccn4)n3)cn2)CC1. The van der Waals surface area contributed by atoms with Crippen LogP contribution in [0.3, 0.4) is 0 Å². The van der Waals surface area contributed by atoms with Crippen LogP contribution in [0.1, 0.15) is 62.8 Å². The lowest BCUT2D eigenvalue weighted by Gasteiger charge is -2.37. The number of esters is 2. The summed E-state index contributed by atoms with van der Waals surface area (Å²) in [5.74, 6) is -1.92. The second-order valence-electron chi connectivity index (χ2n) is 11.4. The number of aromatic nitrogens is 3. The molecule has 0 aromatic carbocycles. The molecule has 1 unspecified atom stereocenters. The number of carbonyl (C=O) groups excluding carboxylic acids is 3. The van der Waals surface area contributed by atoms with Gasteiger partial charge in [0.05, 0.1) is 23.9 Å². The summed E-state index contributed by atoms with van der Waals surface area (Å²) >= 11 is 0. The Morgan fingerprint density at radius 2 is 1.78 bits per heavy atom. The Labute approximate surface area is 264 Å². The van der Waals surface area contributed by atoms with Gasteiger partial charge in [0.1, 0.15) is 17.2 Å². The highest BCUT2D eigenvalue weighted by atomic mass is 19.3. The van der Waals surface area contributed by atoms with E-state index >= 15 is 0 Å². The molecule has 1 fully saturated rings. The maximum absolute atomic E-state index is 13.1. The van der Waals surface area contributed by atoms with Crippen molar-refractivity contribution >= 4 is 29.5 Å². The number of aliphatic hydroxyl groups is 2. The van der Waals surface area contributed by atoms with Crippen molar-refractivity contribution in [1.29, 1.82) is 0 Å². The summed E-state index contributed by atoms with van der Waals surface area (Å²) in [7, 11) is 0. The number of amides is 1. The molecule has 1 aliphatic rings. The van der Waals surface area contributed by atoms with Gasteiger partial charge in [0, 0.05) is 30.4 Å². The van der Waals surface area contributed by atoms with Gasteiger partial charge < -0.3 is 30.3 Å². The number of rotatable bonds is 12. The molecule has 12 nitrogen and oxygen atoms in total. The summed E-state index contributed by atoms with van der Waals surface area (Å²) in [5.41, 5.74) is 1.20. The van der Waals surface area contributed by atoms with E-state index < -0.39 is 55.2 Å². The van der Waals surface area contributed by atoms with Gasteiger partial charge in [0.15, 0.2) is 6.04 Å². The minimum Gasteiger partial charge on any atom is -0.428 e. The number of nitrogens with zero attached hydrogens (tertiary/aromatic N) is 3. The average Bonchev–Trinajstić information content (AvgIpc) is 3.03. The molecule has 0 radical (unpaired) electrons. The zero-order chi connectivity index (χ0) is 33.4. The fourth-order valence-corrected chi connectivity index (χ4v) is 5.40. The van der Waals surface area contributed by atoms with E-state index in [-0.39, 0.29) is 17.3 Å². The van der Waals surface area contributed by atoms with E-state index in [1.807, 2.05) is 13.0 Å². The summed E-state index contributed by atoms with van der Waals surface area (Å²) < 4.78 is 36.1. The van der Waals surface area contributed by atoms with E-state index in [0.29, 0.717) is 48.5 Å². The van der Waals surface area contributed by atoms with E-state index in [2.05, 4.69) is 25.6 Å². The van der Waals surface area contributed by atoms with E-state index in [0.717, 1.165) is 5.56 Å². The van der Waals surface area contributed by atoms with Gasteiger partial charge >= 0.3 is 11.9 Å². The minimum absolute atomic E-state index is 0.151. The first-order valence-corrected chi connectivity index (χ1v) is 14.8. The number of ether oxygens (including phenoxy) is 2. The third-order valence-electron chi connectivity index (χ3n) is 7.94. The summed E-state index contributed by atoms with van der Waals surface area (Å²) in [6.07, 6.45) is 2.26. The maximum atomic E-state index is 13.1. The molecule has 0 saturated heterocycles. The van der Waals surface area contributed by atoms with Crippen LogP contribution in [0.2, 0.25) is 0 Å². The quantitative estimate of drug-likeness (QED) is 0.166. The molecule has 2 atom stereocenters. The predicted octanol–water partition coefficient (Wildman–Crippen LogP) is 4.08. The number of nitrogens with one attached hydrogen (secondary N) is 2. The highest BCUT2D eigenvalue weighted by Crippen LogP contribution is 2.41. The Hall–Kier alpha value is -4.56. The molecule has 3 heterocycles. The predicted molar refractivity (Wildman–Crippen MR) is 161 cm³/mol. The van der Waals surface area contributed by atoms with Crippen LogP contribution in [0, 0.1) is 18.8 Å². The molecule has 14 heteroatoms. The average molecular weight is 642 g/mol. The van der Waals surface area contributed by atoms with Crippen molar-refractivity contribution < 1.29 is 42.9 Å². The van der Waals surface area contributed by atoms with Gasteiger partial charge in [0.25, 0.3) is 6.43 Å². The van der Waals surface area contributed by atoms with E-state index in [9.17, 15) is 33.4 Å². The molecule has 4 rings (SSSR count). The number of aliphatic hydroxyl groups excluding tert-OH is 1. The lowest BCUT2D eigenvalue weighted by atomic mass is 9.73. The molecule has 1 amide bonds. The lowest BCUT2D eigenvalue weighted by molar-refractivity contribution is -0.173. The second-order valence-corrected chi connectivity index (χ2v) is 11.4. The lowest BCUT2D eigenvalue weighted by Crippen LogP contribution is -2.43. The first-order chi connectivity index (χ1) is 21.9. The topological polar surface area (TPSA) is 173 Å². The van der Waals surface area contributed by atoms with Gasteiger partial charge in [-0.15, -0.1) is 0 Å². The Bertz CT molecular complexity index is 1530. The molecule has 3 aromatic heterocycles. The van der Waals surface area contributed by atoms with Crippen molar-refractivity contribution in [2.24, 2.45) is 11.8 Å². The number of alkyl halides is 2. The first-order valence-electron chi connectivity index (χ1n) is 14.8. The largest absolute Gasteiger partial charge is 0.428 e. The highest BCUT2D eigenvalue weighted by molar-refractivity contribution is 5.83. The van der Waals surface area contributed by atoms with Crippen molar-refractivity contribution in [3.8, 4) is 11.3 Å². The summed E-state index contributed by atoms with van der Waals surface area (Å²) in [6, 6.07) is 8.44. The van der Waals surface area contributed by atoms with Gasteiger partial charge in [0.2, 0.25) is 12.7 Å². The van der Waals surface area contributed by atoms with Crippen molar-refractivity contribution in [2.75, 3.05) is 18.7 Å². The van der Waals surface area contributed by atoms with Crippen LogP contribution < -0.4 is 10.6 Å². The second kappa shape index (κ2) is 15.1. The fraction of sp³-hybridized carbons (Fsp3) is 0.438. The van der Waals surface area contributed by atoms with Crippen LogP contribution in [-0.4, -0.2) is 62.5 Å². The van der Waals surface area contributed by atoms with Crippen molar-refractivity contribution in [3.05, 3.63) is 65.6 Å². The Morgan fingerprint density at radius 1 is 1.04 bits per heavy atom. The van der Waals surface area contributed by atoms with Crippen molar-refractivity contribution in [2.45, 2.75) is 64.5 Å². The number of pyridine rings is 3. The van der Waals surface area contributed by atoms with Crippen molar-refractivity contribution in [1.82, 2.24) is 20.3 Å². The fourth-order valence-electron chi connectivity index (χ4n) is 5.40. The zero-order valence-electron chi connectivity index (χ0n) is 25.7. The Balaban J connectivity index is 1.33. The van der Waals surface area contributed by atoms with Crippen molar-refractivity contribution in [3.63, 3.8) is 0 Å². The molecular weight excluding hydrogens is 604 g/mol. The van der Waals surface area contributed by atoms with Gasteiger partial charge in [-0.05, 0) is 87.4 Å². The van der Waals surface area contributed by atoms with Crippen LogP contribution in [-0.2, 0) is 29.5 Å². The molecule has 246 valence electrons. The van der Waals surface area contributed by atoms with Gasteiger partial charge in [-0.3, -0.25) is 14.6 Å². The van der Waals surface area contributed by atoms with E-state index in [4.69, 9.17) is 9.47 Å². The number of carbonyl (C=O) groups is 3. The summed E-state index contributed by atoms with van der Waals surface area (Å²) in [4.78, 5) is 48.8. The number of halogens is 2. The van der Waals surface area contributed by atoms with Gasteiger partial charge in [-0.25, -0.2) is 23.5 Å². The first kappa shape index (κ1) is 34.3. The molecular formula is C32H37F2N5O7. The molecule has 4 N–H and O–H groups in total. The van der Waals surface area contributed by atoms with E-state index in [1.165, 1.54) is 25.3 Å². The monoisotopic (exact) mass is 641 g/mol. The molecule has 0 aliphatic heterocycles. The number of anilines is 2. The smallest absolute Gasteiger partial charge is 0.333 e. The number of hydrogen-bond acceptors (Lipinski definition) is 11. The van der Waals surface area contributed by atoms with Crippen LogP contribution in [0.25, 0.3) is 11.3 Å². The molecule has 46 heavy (non-hydrogen) atoms.